The van der Waals surface area contributed by atoms with Crippen molar-refractivity contribution in [2.45, 2.75) is 26.3 Å². The summed E-state index contributed by atoms with van der Waals surface area (Å²) in [5.74, 6) is 0.0519. The molecule has 0 bridgehead atoms. The number of rotatable bonds is 4. The van der Waals surface area contributed by atoms with Crippen molar-refractivity contribution < 1.29 is 4.79 Å². The first-order valence-electron chi connectivity index (χ1n) is 7.96. The number of fused-ring (bicyclic) bond motifs is 1. The maximum Gasteiger partial charge on any atom is 0.224 e. The molecule has 1 amide bonds. The Morgan fingerprint density at radius 3 is 2.43 bits per heavy atom. The molecule has 1 atom stereocenters. The number of hydrogen-bond donors (Lipinski definition) is 1. The zero-order valence-electron chi connectivity index (χ0n) is 13.5. The van der Waals surface area contributed by atoms with Gasteiger partial charge in [-0.1, -0.05) is 66.7 Å². The number of nitrogens with one attached hydrogen (secondary N) is 1. The second kappa shape index (κ2) is 6.66. The van der Waals surface area contributed by atoms with Crippen LogP contribution in [0.25, 0.3) is 10.8 Å². The molecule has 0 radical (unpaired) electrons. The molecular weight excluding hydrogens is 282 g/mol. The molecule has 116 valence electrons. The second-order valence-corrected chi connectivity index (χ2v) is 6.00. The van der Waals surface area contributed by atoms with Crippen LogP contribution in [0.4, 0.5) is 0 Å². The molecule has 23 heavy (non-hydrogen) atoms. The lowest BCUT2D eigenvalue weighted by molar-refractivity contribution is -0.121. The van der Waals surface area contributed by atoms with E-state index in [1.54, 1.807) is 0 Å². The van der Waals surface area contributed by atoms with Gasteiger partial charge >= 0.3 is 0 Å². The number of hydrogen-bond acceptors (Lipinski definition) is 1. The topological polar surface area (TPSA) is 29.1 Å². The summed E-state index contributed by atoms with van der Waals surface area (Å²) in [7, 11) is 0. The van der Waals surface area contributed by atoms with Crippen LogP contribution in [0.15, 0.2) is 66.7 Å². The maximum absolute atomic E-state index is 12.3. The SMILES string of the molecule is Cc1ccccc1C(C)NC(=O)Cc1ccc2ccccc2c1. The van der Waals surface area contributed by atoms with Gasteiger partial charge in [0.2, 0.25) is 5.91 Å². The van der Waals surface area contributed by atoms with Crippen molar-refractivity contribution in [3.05, 3.63) is 83.4 Å². The molecule has 0 saturated carbocycles. The maximum atomic E-state index is 12.3. The van der Waals surface area contributed by atoms with E-state index >= 15 is 0 Å². The molecular formula is C21H21NO. The van der Waals surface area contributed by atoms with Gasteiger partial charge in [0.05, 0.1) is 12.5 Å². The summed E-state index contributed by atoms with van der Waals surface area (Å²) in [6.45, 7) is 4.10. The van der Waals surface area contributed by atoms with Crippen molar-refractivity contribution in [3.8, 4) is 0 Å². The summed E-state index contributed by atoms with van der Waals surface area (Å²) in [6.07, 6.45) is 0.404. The zero-order chi connectivity index (χ0) is 16.2. The molecule has 1 unspecified atom stereocenters. The molecule has 2 heteroatoms. The fourth-order valence-corrected chi connectivity index (χ4v) is 2.98. The highest BCUT2D eigenvalue weighted by Gasteiger charge is 2.11. The molecule has 0 aliphatic rings. The molecule has 3 aromatic rings. The highest BCUT2D eigenvalue weighted by molar-refractivity contribution is 5.85. The third kappa shape index (κ3) is 3.59. The van der Waals surface area contributed by atoms with E-state index in [0.29, 0.717) is 6.42 Å². The van der Waals surface area contributed by atoms with Gasteiger partial charge in [-0.05, 0) is 41.3 Å². The molecule has 0 aromatic heterocycles. The van der Waals surface area contributed by atoms with Gasteiger partial charge in [0.15, 0.2) is 0 Å². The first-order chi connectivity index (χ1) is 11.1. The van der Waals surface area contributed by atoms with Crippen LogP contribution in [0.2, 0.25) is 0 Å². The number of amides is 1. The summed E-state index contributed by atoms with van der Waals surface area (Å²) in [5, 5.41) is 5.46. The summed E-state index contributed by atoms with van der Waals surface area (Å²) in [6, 6.07) is 22.6. The average Bonchev–Trinajstić information content (AvgIpc) is 2.55. The highest BCUT2D eigenvalue weighted by Crippen LogP contribution is 2.18. The Bertz CT molecular complexity index is 838. The summed E-state index contributed by atoms with van der Waals surface area (Å²) < 4.78 is 0. The molecule has 1 N–H and O–H groups in total. The first-order valence-corrected chi connectivity index (χ1v) is 7.96. The molecule has 3 aromatic carbocycles. The van der Waals surface area contributed by atoms with E-state index in [4.69, 9.17) is 0 Å². The molecule has 0 fully saturated rings. The van der Waals surface area contributed by atoms with E-state index in [9.17, 15) is 4.79 Å². The first kappa shape index (κ1) is 15.3. The van der Waals surface area contributed by atoms with Crippen molar-refractivity contribution in [2.24, 2.45) is 0 Å². The molecule has 0 aliphatic heterocycles. The Balaban J connectivity index is 1.69. The smallest absolute Gasteiger partial charge is 0.224 e. The Labute approximate surface area is 137 Å². The molecule has 0 spiro atoms. The average molecular weight is 303 g/mol. The van der Waals surface area contributed by atoms with Gasteiger partial charge in [-0.25, -0.2) is 0 Å². The van der Waals surface area contributed by atoms with Gasteiger partial charge < -0.3 is 5.32 Å². The molecule has 0 aliphatic carbocycles. The summed E-state index contributed by atoms with van der Waals surface area (Å²) >= 11 is 0. The Hall–Kier alpha value is -2.61. The van der Waals surface area contributed by atoms with Crippen LogP contribution in [0.1, 0.15) is 29.7 Å². The second-order valence-electron chi connectivity index (χ2n) is 6.00. The Morgan fingerprint density at radius 1 is 0.957 bits per heavy atom. The van der Waals surface area contributed by atoms with E-state index in [1.165, 1.54) is 21.9 Å². The van der Waals surface area contributed by atoms with Crippen LogP contribution in [-0.2, 0) is 11.2 Å². The fraction of sp³-hybridized carbons (Fsp3) is 0.190. The van der Waals surface area contributed by atoms with Gasteiger partial charge in [0.25, 0.3) is 0 Å². The Kier molecular flexibility index (Phi) is 4.42. The van der Waals surface area contributed by atoms with Gasteiger partial charge in [-0.3, -0.25) is 4.79 Å². The minimum atomic E-state index is 0.0177. The summed E-state index contributed by atoms with van der Waals surface area (Å²) in [5.41, 5.74) is 3.41. The van der Waals surface area contributed by atoms with Crippen LogP contribution in [-0.4, -0.2) is 5.91 Å². The normalized spacial score (nSPS) is 12.1. The quantitative estimate of drug-likeness (QED) is 0.751. The number of carbonyl (C=O) groups excluding carboxylic acids is 1. The molecule has 2 nitrogen and oxygen atoms in total. The van der Waals surface area contributed by atoms with Crippen LogP contribution in [0, 0.1) is 6.92 Å². The highest BCUT2D eigenvalue weighted by atomic mass is 16.1. The zero-order valence-corrected chi connectivity index (χ0v) is 13.5. The standard InChI is InChI=1S/C21H21NO/c1-15-7-3-6-10-20(15)16(2)22-21(23)14-17-11-12-18-8-4-5-9-19(18)13-17/h3-13,16H,14H2,1-2H3,(H,22,23). The van der Waals surface area contributed by atoms with E-state index in [-0.39, 0.29) is 11.9 Å². The van der Waals surface area contributed by atoms with Crippen molar-refractivity contribution in [3.63, 3.8) is 0 Å². The minimum absolute atomic E-state index is 0.0177. The monoisotopic (exact) mass is 303 g/mol. The van der Waals surface area contributed by atoms with Crippen molar-refractivity contribution in [1.29, 1.82) is 0 Å². The van der Waals surface area contributed by atoms with Crippen molar-refractivity contribution >= 4 is 16.7 Å². The van der Waals surface area contributed by atoms with Gasteiger partial charge in [-0.2, -0.15) is 0 Å². The lowest BCUT2D eigenvalue weighted by Gasteiger charge is -2.16. The van der Waals surface area contributed by atoms with Crippen LogP contribution in [0.5, 0.6) is 0 Å². The van der Waals surface area contributed by atoms with E-state index in [1.807, 2.05) is 37.3 Å². The predicted molar refractivity (Wildman–Crippen MR) is 95.4 cm³/mol. The number of aryl methyl sites for hydroxylation is 1. The van der Waals surface area contributed by atoms with Crippen molar-refractivity contribution in [1.82, 2.24) is 5.32 Å². The predicted octanol–water partition coefficient (Wildman–Crippen LogP) is 4.57. The van der Waals surface area contributed by atoms with Gasteiger partial charge in [-0.15, -0.1) is 0 Å². The number of benzene rings is 3. The van der Waals surface area contributed by atoms with E-state index in [0.717, 1.165) is 5.56 Å². The fourth-order valence-electron chi connectivity index (χ4n) is 2.98. The lowest BCUT2D eigenvalue weighted by atomic mass is 10.0. The third-order valence-corrected chi connectivity index (χ3v) is 4.21. The van der Waals surface area contributed by atoms with Crippen LogP contribution in [0.3, 0.4) is 0 Å². The molecule has 0 saturated heterocycles. The van der Waals surface area contributed by atoms with Crippen LogP contribution >= 0.6 is 0 Å². The summed E-state index contributed by atoms with van der Waals surface area (Å²) in [4.78, 5) is 12.3. The van der Waals surface area contributed by atoms with Gasteiger partial charge in [0.1, 0.15) is 0 Å². The number of carbonyl (C=O) groups is 1. The molecule has 0 heterocycles. The molecule has 3 rings (SSSR count). The third-order valence-electron chi connectivity index (χ3n) is 4.21. The Morgan fingerprint density at radius 2 is 1.65 bits per heavy atom. The largest absolute Gasteiger partial charge is 0.349 e. The van der Waals surface area contributed by atoms with Crippen LogP contribution < -0.4 is 5.32 Å². The van der Waals surface area contributed by atoms with E-state index < -0.39 is 0 Å². The van der Waals surface area contributed by atoms with Crippen molar-refractivity contribution in [2.75, 3.05) is 0 Å². The minimum Gasteiger partial charge on any atom is -0.349 e. The van der Waals surface area contributed by atoms with Gasteiger partial charge in [0, 0.05) is 0 Å². The lowest BCUT2D eigenvalue weighted by Crippen LogP contribution is -2.28. The van der Waals surface area contributed by atoms with E-state index in [2.05, 4.69) is 48.6 Å².